The quantitative estimate of drug-likeness (QED) is 0.744. The van der Waals surface area contributed by atoms with Crippen molar-refractivity contribution in [3.63, 3.8) is 0 Å². The largest absolute Gasteiger partial charge is 0.493 e. The standard InChI is InChI=1S/C15H18F3NO/c1-3-9-20-14-7-6-12(15(16,17)18)10-13(14)11(2)5-4-8-19/h6-7,10-11H,3-5,9H2,1-2H3. The number of hydrogen-bond donors (Lipinski definition) is 0. The normalized spacial score (nSPS) is 12.8. The monoisotopic (exact) mass is 285 g/mol. The van der Waals surface area contributed by atoms with Crippen LogP contribution in [0.5, 0.6) is 5.75 Å². The van der Waals surface area contributed by atoms with Crippen molar-refractivity contribution < 1.29 is 17.9 Å². The zero-order valence-electron chi connectivity index (χ0n) is 11.6. The number of halogens is 3. The molecule has 0 aliphatic carbocycles. The lowest BCUT2D eigenvalue weighted by Crippen LogP contribution is -2.08. The number of nitrogens with zero attached hydrogens (tertiary/aromatic N) is 1. The molecule has 0 bridgehead atoms. The summed E-state index contributed by atoms with van der Waals surface area (Å²) in [5.41, 5.74) is -0.163. The maximum Gasteiger partial charge on any atom is 0.416 e. The Morgan fingerprint density at radius 3 is 2.60 bits per heavy atom. The fraction of sp³-hybridized carbons (Fsp3) is 0.533. The summed E-state index contributed by atoms with van der Waals surface area (Å²) in [6, 6.07) is 5.55. The van der Waals surface area contributed by atoms with Gasteiger partial charge in [0, 0.05) is 6.42 Å². The molecule has 0 N–H and O–H groups in total. The van der Waals surface area contributed by atoms with Crippen LogP contribution in [0.3, 0.4) is 0 Å². The Hall–Kier alpha value is -1.70. The van der Waals surface area contributed by atoms with Crippen molar-refractivity contribution in [2.24, 2.45) is 0 Å². The summed E-state index contributed by atoms with van der Waals surface area (Å²) in [6.07, 6.45) is -2.76. The third-order valence-corrected chi connectivity index (χ3v) is 3.02. The van der Waals surface area contributed by atoms with E-state index in [1.807, 2.05) is 19.9 Å². The van der Waals surface area contributed by atoms with Crippen LogP contribution in [0, 0.1) is 11.3 Å². The fourth-order valence-corrected chi connectivity index (χ4v) is 1.89. The molecule has 1 rings (SSSR count). The first-order valence-electron chi connectivity index (χ1n) is 6.61. The van der Waals surface area contributed by atoms with E-state index in [1.165, 1.54) is 6.07 Å². The number of rotatable bonds is 6. The van der Waals surface area contributed by atoms with Gasteiger partial charge in [0.15, 0.2) is 0 Å². The molecule has 1 aromatic rings. The Bertz CT molecular complexity index is 477. The molecule has 0 radical (unpaired) electrons. The summed E-state index contributed by atoms with van der Waals surface area (Å²) in [6.45, 7) is 4.21. The molecule has 1 aromatic carbocycles. The minimum absolute atomic E-state index is 0.149. The average Bonchev–Trinajstić information content (AvgIpc) is 2.41. The third kappa shape index (κ3) is 4.44. The van der Waals surface area contributed by atoms with Gasteiger partial charge in [0.1, 0.15) is 5.75 Å². The van der Waals surface area contributed by atoms with Crippen molar-refractivity contribution in [2.75, 3.05) is 6.61 Å². The average molecular weight is 285 g/mol. The van der Waals surface area contributed by atoms with Gasteiger partial charge in [0.05, 0.1) is 18.2 Å². The van der Waals surface area contributed by atoms with E-state index in [0.29, 0.717) is 30.8 Å². The molecule has 0 aliphatic heterocycles. The molecule has 0 amide bonds. The molecule has 0 heterocycles. The van der Waals surface area contributed by atoms with Crippen LogP contribution in [0.2, 0.25) is 0 Å². The first-order valence-corrected chi connectivity index (χ1v) is 6.61. The summed E-state index contributed by atoms with van der Waals surface area (Å²) in [5, 5.41) is 8.60. The van der Waals surface area contributed by atoms with Gasteiger partial charge in [0.25, 0.3) is 0 Å². The van der Waals surface area contributed by atoms with Gasteiger partial charge in [-0.3, -0.25) is 0 Å². The highest BCUT2D eigenvalue weighted by Crippen LogP contribution is 2.36. The molecule has 110 valence electrons. The van der Waals surface area contributed by atoms with E-state index >= 15 is 0 Å². The Labute approximate surface area is 117 Å². The number of benzene rings is 1. The van der Waals surface area contributed by atoms with Crippen molar-refractivity contribution in [3.8, 4) is 11.8 Å². The van der Waals surface area contributed by atoms with Crippen LogP contribution < -0.4 is 4.74 Å². The number of alkyl halides is 3. The molecular weight excluding hydrogens is 267 g/mol. The maximum absolute atomic E-state index is 12.8. The molecule has 0 spiro atoms. The minimum atomic E-state index is -4.37. The van der Waals surface area contributed by atoms with Gasteiger partial charge in [-0.2, -0.15) is 18.4 Å². The zero-order chi connectivity index (χ0) is 15.2. The van der Waals surface area contributed by atoms with Crippen LogP contribution >= 0.6 is 0 Å². The van der Waals surface area contributed by atoms with E-state index in [2.05, 4.69) is 0 Å². The van der Waals surface area contributed by atoms with Crippen LogP contribution in [0.4, 0.5) is 13.2 Å². The molecule has 20 heavy (non-hydrogen) atoms. The Morgan fingerprint density at radius 1 is 1.35 bits per heavy atom. The van der Waals surface area contributed by atoms with Crippen molar-refractivity contribution >= 4 is 0 Å². The summed E-state index contributed by atoms with van der Waals surface area (Å²) < 4.78 is 43.8. The minimum Gasteiger partial charge on any atom is -0.493 e. The maximum atomic E-state index is 12.8. The highest BCUT2D eigenvalue weighted by molar-refractivity contribution is 5.40. The first-order chi connectivity index (χ1) is 9.40. The van der Waals surface area contributed by atoms with Crippen LogP contribution in [-0.2, 0) is 6.18 Å². The molecule has 2 nitrogen and oxygen atoms in total. The molecule has 0 aromatic heterocycles. The van der Waals surface area contributed by atoms with Gasteiger partial charge in [0.2, 0.25) is 0 Å². The lowest BCUT2D eigenvalue weighted by Gasteiger charge is -2.18. The van der Waals surface area contributed by atoms with Crippen LogP contribution in [-0.4, -0.2) is 6.61 Å². The SMILES string of the molecule is CCCOc1ccc(C(F)(F)F)cc1C(C)CCC#N. The zero-order valence-corrected chi connectivity index (χ0v) is 11.6. The second kappa shape index (κ2) is 7.18. The predicted molar refractivity (Wildman–Crippen MR) is 70.5 cm³/mol. The van der Waals surface area contributed by atoms with Gasteiger partial charge in [-0.1, -0.05) is 13.8 Å². The molecule has 0 fully saturated rings. The highest BCUT2D eigenvalue weighted by Gasteiger charge is 2.31. The van der Waals surface area contributed by atoms with E-state index in [0.717, 1.165) is 18.6 Å². The third-order valence-electron chi connectivity index (χ3n) is 3.02. The summed E-state index contributed by atoms with van der Waals surface area (Å²) in [5.74, 6) is 0.328. The van der Waals surface area contributed by atoms with Gasteiger partial charge in [-0.05, 0) is 42.5 Å². The summed E-state index contributed by atoms with van der Waals surface area (Å²) in [4.78, 5) is 0. The molecular formula is C15H18F3NO. The second-order valence-corrected chi connectivity index (χ2v) is 4.70. The molecule has 0 saturated heterocycles. The first kappa shape index (κ1) is 16.4. The molecule has 0 saturated carbocycles. The lowest BCUT2D eigenvalue weighted by atomic mass is 9.94. The van der Waals surface area contributed by atoms with Crippen molar-refractivity contribution in [2.45, 2.75) is 45.2 Å². The van der Waals surface area contributed by atoms with Gasteiger partial charge in [-0.15, -0.1) is 0 Å². The second-order valence-electron chi connectivity index (χ2n) is 4.70. The molecule has 1 unspecified atom stereocenters. The Kier molecular flexibility index (Phi) is 5.87. The summed E-state index contributed by atoms with van der Waals surface area (Å²) >= 11 is 0. The molecule has 1 atom stereocenters. The van der Waals surface area contributed by atoms with Crippen molar-refractivity contribution in [1.29, 1.82) is 5.26 Å². The number of nitriles is 1. The predicted octanol–water partition coefficient (Wildman–Crippen LogP) is 4.90. The number of ether oxygens (including phenoxy) is 1. The van der Waals surface area contributed by atoms with Crippen molar-refractivity contribution in [3.05, 3.63) is 29.3 Å². The van der Waals surface area contributed by atoms with Crippen LogP contribution in [0.25, 0.3) is 0 Å². The van der Waals surface area contributed by atoms with E-state index < -0.39 is 11.7 Å². The fourth-order valence-electron chi connectivity index (χ4n) is 1.89. The molecule has 0 aliphatic rings. The van der Waals surface area contributed by atoms with Crippen LogP contribution in [0.15, 0.2) is 18.2 Å². The van der Waals surface area contributed by atoms with Crippen LogP contribution in [0.1, 0.15) is 50.2 Å². The Balaban J connectivity index is 3.09. The molecule has 5 heteroatoms. The Morgan fingerprint density at radius 2 is 2.05 bits per heavy atom. The van der Waals surface area contributed by atoms with Gasteiger partial charge < -0.3 is 4.74 Å². The topological polar surface area (TPSA) is 33.0 Å². The van der Waals surface area contributed by atoms with E-state index in [1.54, 1.807) is 0 Å². The van der Waals surface area contributed by atoms with E-state index in [4.69, 9.17) is 10.00 Å². The van der Waals surface area contributed by atoms with Gasteiger partial charge in [-0.25, -0.2) is 0 Å². The smallest absolute Gasteiger partial charge is 0.416 e. The van der Waals surface area contributed by atoms with Crippen molar-refractivity contribution in [1.82, 2.24) is 0 Å². The highest BCUT2D eigenvalue weighted by atomic mass is 19.4. The lowest BCUT2D eigenvalue weighted by molar-refractivity contribution is -0.137. The summed E-state index contributed by atoms with van der Waals surface area (Å²) in [7, 11) is 0. The van der Waals surface area contributed by atoms with Gasteiger partial charge >= 0.3 is 6.18 Å². The van der Waals surface area contributed by atoms with E-state index in [-0.39, 0.29) is 5.92 Å². The van der Waals surface area contributed by atoms with E-state index in [9.17, 15) is 13.2 Å². The number of hydrogen-bond acceptors (Lipinski definition) is 2.